The second-order valence-corrected chi connectivity index (χ2v) is 4.85. The van der Waals surface area contributed by atoms with Crippen LogP contribution in [0.1, 0.15) is 11.5 Å². The van der Waals surface area contributed by atoms with Crippen LogP contribution in [0.5, 0.6) is 0 Å². The topological polar surface area (TPSA) is 107 Å². The summed E-state index contributed by atoms with van der Waals surface area (Å²) in [4.78, 5) is 20.3. The van der Waals surface area contributed by atoms with Crippen molar-refractivity contribution < 1.29 is 0 Å². The Hall–Kier alpha value is -2.23. The fraction of sp³-hybridized carbons (Fsp3) is 0.333. The molecule has 0 aliphatic carbocycles. The first-order valence-electron chi connectivity index (χ1n) is 5.44. The fourth-order valence-electron chi connectivity index (χ4n) is 1.59. The van der Waals surface area contributed by atoms with E-state index in [1.54, 1.807) is 18.7 Å². The van der Waals surface area contributed by atoms with Crippen LogP contribution >= 0.6 is 11.8 Å². The average Bonchev–Trinajstić information content (AvgIpc) is 2.92. The Bertz CT molecular complexity index is 787. The summed E-state index contributed by atoms with van der Waals surface area (Å²) in [7, 11) is 1.75. The Balaban J connectivity index is 1.89. The van der Waals surface area contributed by atoms with Crippen molar-refractivity contribution in [2.24, 2.45) is 7.05 Å². The molecule has 0 unspecified atom stereocenters. The van der Waals surface area contributed by atoms with E-state index in [1.807, 2.05) is 0 Å². The minimum Gasteiger partial charge on any atom is -0.275 e. The van der Waals surface area contributed by atoms with Gasteiger partial charge in [0.1, 0.15) is 5.82 Å². The molecule has 3 rings (SSSR count). The van der Waals surface area contributed by atoms with Crippen molar-refractivity contribution in [1.82, 2.24) is 39.8 Å². The molecule has 0 atom stereocenters. The van der Waals surface area contributed by atoms with E-state index >= 15 is 0 Å². The number of nitrogens with zero attached hydrogens (tertiary/aromatic N) is 7. The van der Waals surface area contributed by atoms with Gasteiger partial charge in [-0.25, -0.2) is 9.67 Å². The normalized spacial score (nSPS) is 11.3. The number of rotatable bonds is 3. The first-order valence-corrected chi connectivity index (χ1v) is 6.42. The quantitative estimate of drug-likeness (QED) is 0.646. The molecule has 0 amide bonds. The molecule has 0 spiro atoms. The molecule has 98 valence electrons. The summed E-state index contributed by atoms with van der Waals surface area (Å²) in [6.45, 7) is 1.77. The van der Waals surface area contributed by atoms with Crippen LogP contribution in [0.4, 0.5) is 0 Å². The molecular formula is C9H10N8OS. The third-order valence-corrected chi connectivity index (χ3v) is 3.47. The zero-order chi connectivity index (χ0) is 13.4. The van der Waals surface area contributed by atoms with Crippen LogP contribution in [0, 0.1) is 6.92 Å². The Morgan fingerprint density at radius 3 is 3.00 bits per heavy atom. The van der Waals surface area contributed by atoms with Gasteiger partial charge in [0.15, 0.2) is 0 Å². The zero-order valence-corrected chi connectivity index (χ0v) is 11.0. The Morgan fingerprint density at radius 1 is 1.42 bits per heavy atom. The van der Waals surface area contributed by atoms with Crippen LogP contribution in [0.25, 0.3) is 5.78 Å². The molecule has 0 saturated heterocycles. The molecule has 3 aromatic heterocycles. The molecule has 0 saturated carbocycles. The van der Waals surface area contributed by atoms with Gasteiger partial charge in [-0.2, -0.15) is 9.50 Å². The molecule has 3 aromatic rings. The SMILES string of the molecule is Cc1nc2nc(CSc3nnnn3C)cc(=O)n2[nH]1. The monoisotopic (exact) mass is 278 g/mol. The number of aromatic amines is 1. The van der Waals surface area contributed by atoms with E-state index in [-0.39, 0.29) is 5.56 Å². The molecule has 3 heterocycles. The maximum atomic E-state index is 11.8. The number of fused-ring (bicyclic) bond motifs is 1. The van der Waals surface area contributed by atoms with Crippen molar-refractivity contribution in [2.75, 3.05) is 0 Å². The van der Waals surface area contributed by atoms with Gasteiger partial charge < -0.3 is 0 Å². The van der Waals surface area contributed by atoms with E-state index in [0.717, 1.165) is 0 Å². The van der Waals surface area contributed by atoms with E-state index in [9.17, 15) is 4.79 Å². The van der Waals surface area contributed by atoms with Crippen LogP contribution in [0.15, 0.2) is 16.0 Å². The Labute approximate surface area is 111 Å². The van der Waals surface area contributed by atoms with Gasteiger partial charge in [0.2, 0.25) is 5.16 Å². The van der Waals surface area contributed by atoms with Crippen molar-refractivity contribution in [3.05, 3.63) is 27.9 Å². The summed E-state index contributed by atoms with van der Waals surface area (Å²) in [5, 5.41) is 14.6. The average molecular weight is 278 g/mol. The zero-order valence-electron chi connectivity index (χ0n) is 10.2. The third kappa shape index (κ3) is 2.21. The van der Waals surface area contributed by atoms with E-state index < -0.39 is 0 Å². The van der Waals surface area contributed by atoms with Crippen molar-refractivity contribution in [1.29, 1.82) is 0 Å². The van der Waals surface area contributed by atoms with E-state index in [1.165, 1.54) is 22.3 Å². The number of aromatic nitrogens is 8. The molecule has 0 aromatic carbocycles. The molecule has 19 heavy (non-hydrogen) atoms. The van der Waals surface area contributed by atoms with Gasteiger partial charge in [-0.1, -0.05) is 11.8 Å². The summed E-state index contributed by atoms with van der Waals surface area (Å²) in [5.74, 6) is 1.52. The van der Waals surface area contributed by atoms with Gasteiger partial charge >= 0.3 is 0 Å². The summed E-state index contributed by atoms with van der Waals surface area (Å²) >= 11 is 1.41. The van der Waals surface area contributed by atoms with Crippen LogP contribution in [0.2, 0.25) is 0 Å². The number of hydrogen-bond acceptors (Lipinski definition) is 7. The summed E-state index contributed by atoms with van der Waals surface area (Å²) in [6.07, 6.45) is 0. The minimum atomic E-state index is -0.183. The van der Waals surface area contributed by atoms with Crippen LogP contribution in [0.3, 0.4) is 0 Å². The highest BCUT2D eigenvalue weighted by Gasteiger charge is 2.08. The first-order chi connectivity index (χ1) is 9.13. The van der Waals surface area contributed by atoms with Crippen LogP contribution in [-0.4, -0.2) is 39.8 Å². The van der Waals surface area contributed by atoms with Crippen molar-refractivity contribution >= 4 is 17.5 Å². The van der Waals surface area contributed by atoms with Crippen molar-refractivity contribution in [3.63, 3.8) is 0 Å². The number of thioether (sulfide) groups is 1. The fourth-order valence-corrected chi connectivity index (χ4v) is 2.33. The lowest BCUT2D eigenvalue weighted by atomic mass is 10.4. The van der Waals surface area contributed by atoms with Gasteiger partial charge in [-0.15, -0.1) is 5.10 Å². The number of aryl methyl sites for hydroxylation is 2. The predicted octanol–water partition coefficient (Wildman–Crippen LogP) is -0.458. The lowest BCUT2D eigenvalue weighted by Crippen LogP contribution is -2.15. The smallest absolute Gasteiger partial charge is 0.274 e. The molecule has 9 nitrogen and oxygen atoms in total. The minimum absolute atomic E-state index is 0.183. The maximum absolute atomic E-state index is 11.8. The van der Waals surface area contributed by atoms with Crippen LogP contribution in [-0.2, 0) is 12.8 Å². The highest BCUT2D eigenvalue weighted by molar-refractivity contribution is 7.98. The Kier molecular flexibility index (Phi) is 2.78. The third-order valence-electron chi connectivity index (χ3n) is 2.43. The van der Waals surface area contributed by atoms with E-state index in [2.05, 4.69) is 30.6 Å². The number of H-pyrrole nitrogens is 1. The molecule has 0 bridgehead atoms. The lowest BCUT2D eigenvalue weighted by Gasteiger charge is -1.99. The number of tetrazole rings is 1. The van der Waals surface area contributed by atoms with Gasteiger partial charge in [-0.05, 0) is 17.4 Å². The maximum Gasteiger partial charge on any atom is 0.274 e. The molecule has 0 fully saturated rings. The Morgan fingerprint density at radius 2 is 2.26 bits per heavy atom. The summed E-state index contributed by atoms with van der Waals surface area (Å²) in [6, 6.07) is 1.47. The molecule has 0 aliphatic heterocycles. The molecule has 0 radical (unpaired) electrons. The largest absolute Gasteiger partial charge is 0.275 e. The second kappa shape index (κ2) is 4.46. The van der Waals surface area contributed by atoms with Gasteiger partial charge in [-0.3, -0.25) is 9.89 Å². The standard InChI is InChI=1S/C9H10N8OS/c1-5-10-8-11-6(3-7(18)17(8)13-5)4-19-9-12-14-15-16(9)2/h3H,4H2,1-2H3,(H,10,11,13). The summed E-state index contributed by atoms with van der Waals surface area (Å²) < 4.78 is 2.88. The molecule has 1 N–H and O–H groups in total. The highest BCUT2D eigenvalue weighted by atomic mass is 32.2. The van der Waals surface area contributed by atoms with Gasteiger partial charge in [0.25, 0.3) is 11.3 Å². The molecular weight excluding hydrogens is 268 g/mol. The van der Waals surface area contributed by atoms with Crippen molar-refractivity contribution in [3.8, 4) is 0 Å². The number of nitrogens with one attached hydrogen (secondary N) is 1. The van der Waals surface area contributed by atoms with Gasteiger partial charge in [0.05, 0.1) is 5.69 Å². The summed E-state index contributed by atoms with van der Waals surface area (Å²) in [5.41, 5.74) is 0.460. The molecule has 10 heteroatoms. The van der Waals surface area contributed by atoms with Crippen molar-refractivity contribution in [2.45, 2.75) is 17.8 Å². The predicted molar refractivity (Wildman–Crippen MR) is 66.7 cm³/mol. The first kappa shape index (κ1) is 11.8. The van der Waals surface area contributed by atoms with E-state index in [4.69, 9.17) is 0 Å². The number of hydrogen-bond donors (Lipinski definition) is 1. The highest BCUT2D eigenvalue weighted by Crippen LogP contribution is 2.17. The van der Waals surface area contributed by atoms with Gasteiger partial charge in [0, 0.05) is 18.9 Å². The van der Waals surface area contributed by atoms with E-state index in [0.29, 0.717) is 28.2 Å². The van der Waals surface area contributed by atoms with Crippen LogP contribution < -0.4 is 5.56 Å². The second-order valence-electron chi connectivity index (χ2n) is 3.90. The lowest BCUT2D eigenvalue weighted by molar-refractivity contribution is 0.664. The molecule has 0 aliphatic rings.